The number of hydrogen-bond donors (Lipinski definition) is 0. The number of thioether (sulfide) groups is 1. The van der Waals surface area contributed by atoms with Crippen molar-refractivity contribution in [2.24, 2.45) is 0 Å². The largest absolute Gasteiger partial charge is 0.468 e. The lowest BCUT2D eigenvalue weighted by Crippen LogP contribution is -1.93. The Labute approximate surface area is 106 Å². The van der Waals surface area contributed by atoms with Gasteiger partial charge >= 0.3 is 5.69 Å². The van der Waals surface area contributed by atoms with Crippen molar-refractivity contribution in [3.05, 3.63) is 51.6 Å². The fraction of sp³-hybridized carbons (Fsp3) is 0.100. The minimum absolute atomic E-state index is 0.0500. The first-order valence-corrected chi connectivity index (χ1v) is 5.99. The van der Waals surface area contributed by atoms with E-state index in [1.807, 2.05) is 0 Å². The van der Waals surface area contributed by atoms with E-state index in [-0.39, 0.29) is 10.8 Å². The summed E-state index contributed by atoms with van der Waals surface area (Å²) in [6, 6.07) is 6.30. The second-order valence-electron chi connectivity index (χ2n) is 3.08. The summed E-state index contributed by atoms with van der Waals surface area (Å²) in [6.45, 7) is 0. The molecule has 88 valence electrons. The SMILES string of the molecule is O=[N+]([O-])c1ccc(Cl)nc1SCc1ccco1. The van der Waals surface area contributed by atoms with E-state index < -0.39 is 4.92 Å². The van der Waals surface area contributed by atoms with Crippen molar-refractivity contribution >= 4 is 29.1 Å². The number of aromatic nitrogens is 1. The van der Waals surface area contributed by atoms with Crippen LogP contribution < -0.4 is 0 Å². The van der Waals surface area contributed by atoms with E-state index in [2.05, 4.69) is 4.98 Å². The number of nitro groups is 1. The monoisotopic (exact) mass is 270 g/mol. The molecule has 0 amide bonds. The van der Waals surface area contributed by atoms with Gasteiger partial charge in [-0.15, -0.1) is 0 Å². The molecule has 0 fully saturated rings. The van der Waals surface area contributed by atoms with Crippen LogP contribution in [0.4, 0.5) is 5.69 Å². The zero-order chi connectivity index (χ0) is 12.3. The summed E-state index contributed by atoms with van der Waals surface area (Å²) in [5.41, 5.74) is -0.0500. The summed E-state index contributed by atoms with van der Waals surface area (Å²) in [6.07, 6.45) is 1.55. The van der Waals surface area contributed by atoms with E-state index in [1.165, 1.54) is 23.9 Å². The van der Waals surface area contributed by atoms with Gasteiger partial charge in [0.05, 0.1) is 16.9 Å². The molecule has 0 aliphatic rings. The number of rotatable bonds is 4. The van der Waals surface area contributed by atoms with Crippen LogP contribution in [0.1, 0.15) is 5.76 Å². The second-order valence-corrected chi connectivity index (χ2v) is 4.43. The molecule has 7 heteroatoms. The zero-order valence-corrected chi connectivity index (χ0v) is 10.1. The average molecular weight is 271 g/mol. The highest BCUT2D eigenvalue weighted by atomic mass is 35.5. The van der Waals surface area contributed by atoms with Crippen molar-refractivity contribution in [1.29, 1.82) is 0 Å². The molecule has 0 aromatic carbocycles. The number of furan rings is 1. The third-order valence-electron chi connectivity index (χ3n) is 1.93. The molecular weight excluding hydrogens is 264 g/mol. The lowest BCUT2D eigenvalue weighted by atomic mass is 10.4. The fourth-order valence-corrected chi connectivity index (χ4v) is 2.28. The molecule has 2 heterocycles. The third kappa shape index (κ3) is 2.98. The molecule has 0 spiro atoms. The molecule has 0 unspecified atom stereocenters. The van der Waals surface area contributed by atoms with Gasteiger partial charge in [0.1, 0.15) is 10.9 Å². The van der Waals surface area contributed by atoms with E-state index in [4.69, 9.17) is 16.0 Å². The summed E-state index contributed by atoms with van der Waals surface area (Å²) in [5.74, 6) is 1.20. The predicted octanol–water partition coefficient (Wildman–Crippen LogP) is 3.53. The Morgan fingerprint density at radius 1 is 1.47 bits per heavy atom. The Morgan fingerprint density at radius 3 is 2.94 bits per heavy atom. The van der Waals surface area contributed by atoms with Crippen LogP contribution in [0.3, 0.4) is 0 Å². The van der Waals surface area contributed by atoms with Gasteiger partial charge in [0.25, 0.3) is 0 Å². The standard InChI is InChI=1S/C10H7ClN2O3S/c11-9-4-3-8(13(14)15)10(12-9)17-6-7-2-1-5-16-7/h1-5H,6H2. The molecule has 0 atom stereocenters. The predicted molar refractivity (Wildman–Crippen MR) is 64.2 cm³/mol. The Hall–Kier alpha value is -1.53. The Bertz CT molecular complexity index is 530. The minimum atomic E-state index is -0.478. The molecular formula is C10H7ClN2O3S. The first-order chi connectivity index (χ1) is 8.16. The van der Waals surface area contributed by atoms with Crippen molar-refractivity contribution in [3.8, 4) is 0 Å². The smallest absolute Gasteiger partial charge is 0.301 e. The molecule has 0 aliphatic carbocycles. The van der Waals surface area contributed by atoms with E-state index >= 15 is 0 Å². The van der Waals surface area contributed by atoms with Crippen molar-refractivity contribution in [3.63, 3.8) is 0 Å². The number of hydrogen-bond acceptors (Lipinski definition) is 5. The van der Waals surface area contributed by atoms with Crippen molar-refractivity contribution in [2.75, 3.05) is 0 Å². The van der Waals surface area contributed by atoms with Crippen LogP contribution in [0.25, 0.3) is 0 Å². The van der Waals surface area contributed by atoms with Crippen molar-refractivity contribution in [2.45, 2.75) is 10.8 Å². The topological polar surface area (TPSA) is 69.2 Å². The maximum absolute atomic E-state index is 10.8. The van der Waals surface area contributed by atoms with Crippen molar-refractivity contribution < 1.29 is 9.34 Å². The molecule has 2 aromatic rings. The van der Waals surface area contributed by atoms with Crippen LogP contribution in [0.2, 0.25) is 5.15 Å². The van der Waals surface area contributed by atoms with Gasteiger partial charge in [0, 0.05) is 6.07 Å². The Morgan fingerprint density at radius 2 is 2.29 bits per heavy atom. The van der Waals surface area contributed by atoms with E-state index in [0.717, 1.165) is 5.76 Å². The van der Waals surface area contributed by atoms with Gasteiger partial charge in [-0.25, -0.2) is 4.98 Å². The van der Waals surface area contributed by atoms with E-state index in [9.17, 15) is 10.1 Å². The molecule has 0 bridgehead atoms. The molecule has 0 saturated carbocycles. The van der Waals surface area contributed by atoms with E-state index in [0.29, 0.717) is 10.8 Å². The van der Waals surface area contributed by atoms with Gasteiger partial charge in [-0.2, -0.15) is 0 Å². The lowest BCUT2D eigenvalue weighted by Gasteiger charge is -2.00. The van der Waals surface area contributed by atoms with Crippen LogP contribution in [0.15, 0.2) is 40.0 Å². The summed E-state index contributed by atoms with van der Waals surface area (Å²) in [4.78, 5) is 14.2. The number of halogens is 1. The molecule has 5 nitrogen and oxygen atoms in total. The summed E-state index contributed by atoms with van der Waals surface area (Å²) in [7, 11) is 0. The lowest BCUT2D eigenvalue weighted by molar-refractivity contribution is -0.388. The van der Waals surface area contributed by atoms with Gasteiger partial charge < -0.3 is 4.42 Å². The normalized spacial score (nSPS) is 10.4. The highest BCUT2D eigenvalue weighted by Crippen LogP contribution is 2.30. The maximum atomic E-state index is 10.8. The minimum Gasteiger partial charge on any atom is -0.468 e. The highest BCUT2D eigenvalue weighted by Gasteiger charge is 2.16. The Balaban J connectivity index is 2.19. The first-order valence-electron chi connectivity index (χ1n) is 4.63. The van der Waals surface area contributed by atoms with Crippen LogP contribution in [0, 0.1) is 10.1 Å². The first kappa shape index (κ1) is 11.9. The van der Waals surface area contributed by atoms with Gasteiger partial charge in [0.15, 0.2) is 5.03 Å². The quantitative estimate of drug-likeness (QED) is 0.368. The number of pyridine rings is 1. The maximum Gasteiger partial charge on any atom is 0.301 e. The van der Waals surface area contributed by atoms with Gasteiger partial charge in [-0.05, 0) is 18.2 Å². The molecule has 0 saturated heterocycles. The Kier molecular flexibility index (Phi) is 3.65. The van der Waals surface area contributed by atoms with E-state index in [1.54, 1.807) is 18.4 Å². The molecule has 0 aliphatic heterocycles. The van der Waals surface area contributed by atoms with Gasteiger partial charge in [-0.3, -0.25) is 10.1 Å². The van der Waals surface area contributed by atoms with Gasteiger partial charge in [0.2, 0.25) is 0 Å². The van der Waals surface area contributed by atoms with Gasteiger partial charge in [-0.1, -0.05) is 23.4 Å². The summed E-state index contributed by atoms with van der Waals surface area (Å²) < 4.78 is 5.13. The molecule has 17 heavy (non-hydrogen) atoms. The van der Waals surface area contributed by atoms with Crippen LogP contribution >= 0.6 is 23.4 Å². The van der Waals surface area contributed by atoms with Crippen molar-refractivity contribution in [1.82, 2.24) is 4.98 Å². The molecule has 0 N–H and O–H groups in total. The molecule has 0 radical (unpaired) electrons. The number of nitrogens with zero attached hydrogens (tertiary/aromatic N) is 2. The highest BCUT2D eigenvalue weighted by molar-refractivity contribution is 7.98. The second kappa shape index (κ2) is 5.20. The summed E-state index contributed by atoms with van der Waals surface area (Å²) in [5, 5.41) is 11.3. The molecule has 2 aromatic heterocycles. The average Bonchev–Trinajstić information content (AvgIpc) is 2.78. The fourth-order valence-electron chi connectivity index (χ4n) is 1.19. The zero-order valence-electron chi connectivity index (χ0n) is 8.50. The van der Waals surface area contributed by atoms with Crippen LogP contribution in [0.5, 0.6) is 0 Å². The van der Waals surface area contributed by atoms with Crippen LogP contribution in [-0.2, 0) is 5.75 Å². The third-order valence-corrected chi connectivity index (χ3v) is 3.15. The summed E-state index contributed by atoms with van der Waals surface area (Å²) >= 11 is 6.93. The van der Waals surface area contributed by atoms with Crippen LogP contribution in [-0.4, -0.2) is 9.91 Å². The molecule has 2 rings (SSSR count).